The highest BCUT2D eigenvalue weighted by Gasteiger charge is 2.16. The number of phenols is 1. The topological polar surface area (TPSA) is 144 Å². The summed E-state index contributed by atoms with van der Waals surface area (Å²) in [6.45, 7) is 1.87. The Kier molecular flexibility index (Phi) is 10.2. The zero-order chi connectivity index (χ0) is 24.3. The Balaban J connectivity index is 1.28. The summed E-state index contributed by atoms with van der Waals surface area (Å²) in [5, 5.41) is 35.1. The molecule has 0 fully saturated rings. The van der Waals surface area contributed by atoms with Crippen molar-refractivity contribution >= 4 is 39.4 Å². The van der Waals surface area contributed by atoms with Gasteiger partial charge in [0.05, 0.1) is 23.5 Å². The van der Waals surface area contributed by atoms with Crippen LogP contribution in [-0.4, -0.2) is 64.2 Å². The van der Waals surface area contributed by atoms with Crippen LogP contribution >= 0.6 is 23.1 Å². The number of thiazole rings is 1. The average molecular weight is 508 g/mol. The second kappa shape index (κ2) is 13.4. The number of thioether (sulfide) groups is 1. The van der Waals surface area contributed by atoms with Crippen LogP contribution < -0.4 is 15.5 Å². The molecule has 1 aromatic heterocycles. The van der Waals surface area contributed by atoms with E-state index < -0.39 is 18.2 Å². The molecule has 3 aromatic rings. The van der Waals surface area contributed by atoms with E-state index in [9.17, 15) is 19.8 Å². The molecule has 0 spiro atoms. The summed E-state index contributed by atoms with van der Waals surface area (Å²) >= 11 is 2.74. The molecule has 0 bridgehead atoms. The molecule has 2 atom stereocenters. The summed E-state index contributed by atoms with van der Waals surface area (Å²) in [6.07, 6.45) is -1.02. The van der Waals surface area contributed by atoms with E-state index in [4.69, 9.17) is 9.84 Å². The van der Waals surface area contributed by atoms with Gasteiger partial charge in [0.25, 0.3) is 0 Å². The molecule has 6 N–H and O–H groups in total. The van der Waals surface area contributed by atoms with Gasteiger partial charge in [0.1, 0.15) is 11.3 Å². The van der Waals surface area contributed by atoms with E-state index >= 15 is 0 Å². The Hall–Kier alpha value is -2.57. The first-order chi connectivity index (χ1) is 16.5. The van der Waals surface area contributed by atoms with Gasteiger partial charge in [-0.05, 0) is 23.8 Å². The van der Waals surface area contributed by atoms with Crippen molar-refractivity contribution in [2.75, 3.05) is 37.8 Å². The monoisotopic (exact) mass is 507 g/mol. The second-order valence-electron chi connectivity index (χ2n) is 7.57. The fourth-order valence-corrected chi connectivity index (χ4v) is 5.15. The van der Waals surface area contributed by atoms with Gasteiger partial charge < -0.3 is 35.7 Å². The Morgan fingerprint density at radius 3 is 2.74 bits per heavy atom. The van der Waals surface area contributed by atoms with Crippen LogP contribution in [0.15, 0.2) is 47.3 Å². The van der Waals surface area contributed by atoms with Crippen LogP contribution in [-0.2, 0) is 4.74 Å². The first-order valence-corrected chi connectivity index (χ1v) is 12.9. The largest absolute Gasteiger partial charge is 0.506 e. The maximum atomic E-state index is 11.6. The van der Waals surface area contributed by atoms with Gasteiger partial charge in [0, 0.05) is 31.0 Å². The van der Waals surface area contributed by atoms with Gasteiger partial charge in [-0.3, -0.25) is 4.79 Å². The summed E-state index contributed by atoms with van der Waals surface area (Å²) in [4.78, 5) is 24.9. The van der Waals surface area contributed by atoms with Crippen molar-refractivity contribution in [2.45, 2.75) is 18.6 Å². The molecular weight excluding hydrogens is 478 g/mol. The standard InChI is InChI=1S/C23H29N3O6S2/c27-18-8-7-16(21-20(18)26-23(31)34-21)19(28)13-24-9-12-33-11-4-10-32-14-17(25-22(29)30)15-5-2-1-3-6-15/h1-3,5-8,17,19,24-25,27-28H,4,9-14H2,(H,26,31)(H,29,30)/t17-,19+/m0/s1. The van der Waals surface area contributed by atoms with Crippen molar-refractivity contribution < 1.29 is 24.9 Å². The van der Waals surface area contributed by atoms with Crippen molar-refractivity contribution in [1.82, 2.24) is 15.6 Å². The van der Waals surface area contributed by atoms with Crippen LogP contribution in [0.2, 0.25) is 0 Å². The van der Waals surface area contributed by atoms with Gasteiger partial charge in [-0.25, -0.2) is 4.79 Å². The lowest BCUT2D eigenvalue weighted by Gasteiger charge is -2.17. The third kappa shape index (κ3) is 7.74. The molecule has 34 heavy (non-hydrogen) atoms. The number of aromatic nitrogens is 1. The number of aromatic hydroxyl groups is 1. The van der Waals surface area contributed by atoms with Crippen molar-refractivity contribution in [1.29, 1.82) is 0 Å². The summed E-state index contributed by atoms with van der Waals surface area (Å²) in [6, 6.07) is 12.1. The molecule has 0 aliphatic rings. The third-order valence-corrected chi connectivity index (χ3v) is 7.07. The number of ether oxygens (including phenoxy) is 1. The Labute approximate surface area is 205 Å². The number of aliphatic hydroxyl groups excluding tert-OH is 1. The zero-order valence-electron chi connectivity index (χ0n) is 18.5. The number of fused-ring (bicyclic) bond motifs is 1. The smallest absolute Gasteiger partial charge is 0.405 e. The fourth-order valence-electron chi connectivity index (χ4n) is 3.42. The number of carbonyl (C=O) groups is 1. The van der Waals surface area contributed by atoms with E-state index in [2.05, 4.69) is 15.6 Å². The summed E-state index contributed by atoms with van der Waals surface area (Å²) < 4.78 is 6.25. The molecule has 0 saturated carbocycles. The molecule has 11 heteroatoms. The third-order valence-electron chi connectivity index (χ3n) is 5.07. The van der Waals surface area contributed by atoms with Crippen molar-refractivity contribution in [3.8, 4) is 5.75 Å². The number of benzene rings is 2. The number of aromatic amines is 1. The van der Waals surface area contributed by atoms with Gasteiger partial charge >= 0.3 is 11.0 Å². The minimum absolute atomic E-state index is 0.00799. The fraction of sp³-hybridized carbons (Fsp3) is 0.391. The number of aliphatic hydroxyl groups is 1. The van der Waals surface area contributed by atoms with E-state index in [1.807, 2.05) is 30.3 Å². The molecule has 2 aromatic carbocycles. The van der Waals surface area contributed by atoms with Crippen LogP contribution in [0.3, 0.4) is 0 Å². The summed E-state index contributed by atoms with van der Waals surface area (Å²) in [7, 11) is 0. The highest BCUT2D eigenvalue weighted by atomic mass is 32.2. The molecule has 3 rings (SSSR count). The molecule has 1 amide bonds. The van der Waals surface area contributed by atoms with Crippen molar-refractivity contribution in [2.24, 2.45) is 0 Å². The van der Waals surface area contributed by atoms with Crippen molar-refractivity contribution in [3.63, 3.8) is 0 Å². The number of amides is 1. The van der Waals surface area contributed by atoms with Gasteiger partial charge in [-0.1, -0.05) is 47.7 Å². The predicted molar refractivity (Wildman–Crippen MR) is 135 cm³/mol. The molecule has 0 unspecified atom stereocenters. The minimum atomic E-state index is -1.08. The summed E-state index contributed by atoms with van der Waals surface area (Å²) in [5.41, 5.74) is 1.84. The SMILES string of the molecule is O=C(O)N[C@@H](COCCCSCCNC[C@@H](O)c1ccc(O)c2[nH]c(=O)sc12)c1ccccc1. The van der Waals surface area contributed by atoms with Gasteiger partial charge in [-0.15, -0.1) is 0 Å². The maximum Gasteiger partial charge on any atom is 0.405 e. The molecule has 1 heterocycles. The highest BCUT2D eigenvalue weighted by molar-refractivity contribution is 7.99. The predicted octanol–water partition coefficient (Wildman–Crippen LogP) is 3.07. The first-order valence-electron chi connectivity index (χ1n) is 10.9. The van der Waals surface area contributed by atoms with Crippen molar-refractivity contribution in [3.05, 3.63) is 63.3 Å². The quantitative estimate of drug-likeness (QED) is 0.183. The van der Waals surface area contributed by atoms with Crippen LogP contribution in [0.4, 0.5) is 4.79 Å². The Bertz CT molecular complexity index is 1110. The van der Waals surface area contributed by atoms with E-state index in [0.29, 0.717) is 35.5 Å². The molecule has 0 radical (unpaired) electrons. The van der Waals surface area contributed by atoms with E-state index in [0.717, 1.165) is 34.8 Å². The van der Waals surface area contributed by atoms with Gasteiger partial charge in [-0.2, -0.15) is 11.8 Å². The number of rotatable bonds is 14. The second-order valence-corrected chi connectivity index (χ2v) is 9.77. The Morgan fingerprint density at radius 1 is 1.18 bits per heavy atom. The molecule has 0 aliphatic heterocycles. The molecule has 0 saturated heterocycles. The number of H-pyrrole nitrogens is 1. The van der Waals surface area contributed by atoms with E-state index in [-0.39, 0.29) is 17.2 Å². The minimum Gasteiger partial charge on any atom is -0.506 e. The number of carboxylic acid groups (broad SMARTS) is 1. The van der Waals surface area contributed by atoms with Gasteiger partial charge in [0.15, 0.2) is 0 Å². The number of phenolic OH excluding ortho intramolecular Hbond substituents is 1. The summed E-state index contributed by atoms with van der Waals surface area (Å²) in [5.74, 6) is 1.76. The molecule has 184 valence electrons. The van der Waals surface area contributed by atoms with Crippen LogP contribution in [0.1, 0.15) is 29.7 Å². The lowest BCUT2D eigenvalue weighted by atomic mass is 10.1. The normalized spacial score (nSPS) is 13.1. The number of nitrogens with one attached hydrogen (secondary N) is 3. The lowest BCUT2D eigenvalue weighted by Crippen LogP contribution is -2.30. The van der Waals surface area contributed by atoms with Crippen LogP contribution in [0.25, 0.3) is 10.2 Å². The molecule has 9 nitrogen and oxygen atoms in total. The number of hydrogen-bond acceptors (Lipinski definition) is 8. The molecule has 0 aliphatic carbocycles. The highest BCUT2D eigenvalue weighted by Crippen LogP contribution is 2.31. The maximum absolute atomic E-state index is 11.6. The van der Waals surface area contributed by atoms with E-state index in [1.165, 1.54) is 6.07 Å². The Morgan fingerprint density at radius 2 is 1.97 bits per heavy atom. The molecular formula is C23H29N3O6S2. The van der Waals surface area contributed by atoms with E-state index in [1.54, 1.807) is 17.8 Å². The van der Waals surface area contributed by atoms with Crippen LogP contribution in [0, 0.1) is 0 Å². The zero-order valence-corrected chi connectivity index (χ0v) is 20.2. The number of hydrogen-bond donors (Lipinski definition) is 6. The first kappa shape index (κ1) is 26.0. The van der Waals surface area contributed by atoms with Crippen LogP contribution in [0.5, 0.6) is 5.75 Å². The lowest BCUT2D eigenvalue weighted by molar-refractivity contribution is 0.109. The average Bonchev–Trinajstić information content (AvgIpc) is 3.22. The van der Waals surface area contributed by atoms with Gasteiger partial charge in [0.2, 0.25) is 0 Å².